The molecule has 1 aliphatic heterocycles. The first-order chi connectivity index (χ1) is 8.36. The van der Waals surface area contributed by atoms with E-state index in [1.54, 1.807) is 12.1 Å². The zero-order chi connectivity index (χ0) is 13.8. The highest BCUT2D eigenvalue weighted by Gasteiger charge is 2.35. The van der Waals surface area contributed by atoms with E-state index in [4.69, 9.17) is 0 Å². The van der Waals surface area contributed by atoms with Crippen molar-refractivity contribution in [2.24, 2.45) is 5.41 Å². The van der Waals surface area contributed by atoms with E-state index in [2.05, 4.69) is 5.43 Å². The monoisotopic (exact) mass is 255 g/mol. The van der Waals surface area contributed by atoms with Crippen molar-refractivity contribution < 1.29 is 9.59 Å². The van der Waals surface area contributed by atoms with E-state index in [0.717, 1.165) is 32.2 Å². The van der Waals surface area contributed by atoms with Crippen LogP contribution in [0.3, 0.4) is 0 Å². The molecule has 0 aromatic rings. The molecule has 1 aliphatic rings. The van der Waals surface area contributed by atoms with Gasteiger partial charge in [-0.25, -0.2) is 10.4 Å². The molecule has 0 spiro atoms. The van der Waals surface area contributed by atoms with Gasteiger partial charge in [-0.1, -0.05) is 20.8 Å². The number of carbonyl (C=O) groups excluding carboxylic acids is 2. The molecule has 0 saturated carbocycles. The lowest BCUT2D eigenvalue weighted by atomic mass is 9.86. The van der Waals surface area contributed by atoms with E-state index in [1.807, 2.05) is 25.7 Å². The Morgan fingerprint density at radius 3 is 2.39 bits per heavy atom. The lowest BCUT2D eigenvalue weighted by Gasteiger charge is -2.35. The maximum Gasteiger partial charge on any atom is 0.241 e. The number of likely N-dealkylation sites (N-methyl/N-ethyl adjacent to an activating group) is 1. The van der Waals surface area contributed by atoms with Gasteiger partial charge in [0.1, 0.15) is 12.3 Å². The van der Waals surface area contributed by atoms with E-state index in [-0.39, 0.29) is 23.9 Å². The Bertz CT molecular complexity index is 293. The zero-order valence-corrected chi connectivity index (χ0v) is 11.9. The van der Waals surface area contributed by atoms with Gasteiger partial charge >= 0.3 is 0 Å². The minimum absolute atomic E-state index is 0.137. The maximum absolute atomic E-state index is 12.5. The fourth-order valence-corrected chi connectivity index (χ4v) is 2.12. The Kier molecular flexibility index (Phi) is 5.28. The van der Waals surface area contributed by atoms with Gasteiger partial charge in [0.2, 0.25) is 5.91 Å². The fourth-order valence-electron chi connectivity index (χ4n) is 2.12. The number of hydrazine groups is 1. The van der Waals surface area contributed by atoms with Crippen LogP contribution in [0.2, 0.25) is 0 Å². The third-order valence-electron chi connectivity index (χ3n) is 3.23. The predicted molar refractivity (Wildman–Crippen MR) is 70.9 cm³/mol. The third-order valence-corrected chi connectivity index (χ3v) is 3.23. The van der Waals surface area contributed by atoms with Crippen LogP contribution in [0.15, 0.2) is 0 Å². The summed E-state index contributed by atoms with van der Waals surface area (Å²) in [6, 6.07) is -0.291. The lowest BCUT2D eigenvalue weighted by Crippen LogP contribution is -2.57. The van der Waals surface area contributed by atoms with Gasteiger partial charge in [0.05, 0.1) is 6.54 Å². The second kappa shape index (κ2) is 6.29. The molecule has 0 aromatic carbocycles. The van der Waals surface area contributed by atoms with Gasteiger partial charge in [0.15, 0.2) is 0 Å². The van der Waals surface area contributed by atoms with Crippen LogP contribution in [0.25, 0.3) is 0 Å². The second-order valence-corrected chi connectivity index (χ2v) is 6.01. The Morgan fingerprint density at radius 2 is 1.94 bits per heavy atom. The number of nitrogens with one attached hydrogen (secondary N) is 1. The molecule has 1 rings (SSSR count). The molecule has 1 fully saturated rings. The van der Waals surface area contributed by atoms with Crippen molar-refractivity contribution >= 4 is 12.2 Å². The molecular formula is C13H25N3O2. The first-order valence-corrected chi connectivity index (χ1v) is 6.56. The van der Waals surface area contributed by atoms with Crippen LogP contribution >= 0.6 is 0 Å². The smallest absolute Gasteiger partial charge is 0.241 e. The molecule has 5 nitrogen and oxygen atoms in total. The predicted octanol–water partition coefficient (Wildman–Crippen LogP) is 0.659. The molecule has 1 atom stereocenters. The van der Waals surface area contributed by atoms with E-state index in [1.165, 1.54) is 0 Å². The molecule has 0 aliphatic carbocycles. The number of carbonyl (C=O) groups is 2. The van der Waals surface area contributed by atoms with Gasteiger partial charge in [-0.15, -0.1) is 0 Å². The standard InChI is InChI=1S/C13H25N3O2/c1-13(2,3)11(14-15(4)9-10-17)12(18)16-7-5-6-8-16/h10-11,14H,5-9H2,1-4H3. The fraction of sp³-hybridized carbons (Fsp3) is 0.846. The van der Waals surface area contributed by atoms with Crippen LogP contribution in [-0.4, -0.2) is 54.8 Å². The highest BCUT2D eigenvalue weighted by atomic mass is 16.2. The van der Waals surface area contributed by atoms with Crippen LogP contribution in [0.4, 0.5) is 0 Å². The van der Waals surface area contributed by atoms with Crippen molar-refractivity contribution in [3.63, 3.8) is 0 Å². The normalized spacial score (nSPS) is 18.2. The van der Waals surface area contributed by atoms with Gasteiger partial charge in [0, 0.05) is 20.1 Å². The topological polar surface area (TPSA) is 52.7 Å². The molecule has 104 valence electrons. The molecule has 1 heterocycles. The van der Waals surface area contributed by atoms with Crippen molar-refractivity contribution in [2.75, 3.05) is 26.7 Å². The molecule has 18 heavy (non-hydrogen) atoms. The summed E-state index contributed by atoms with van der Waals surface area (Å²) in [6.07, 6.45) is 3.01. The number of nitrogens with zero attached hydrogens (tertiary/aromatic N) is 2. The SMILES string of the molecule is CN(CC=O)NC(C(=O)N1CCCC1)C(C)(C)C. The summed E-state index contributed by atoms with van der Waals surface area (Å²) in [5.41, 5.74) is 2.96. The van der Waals surface area contributed by atoms with Crippen molar-refractivity contribution in [3.05, 3.63) is 0 Å². The summed E-state index contributed by atoms with van der Waals surface area (Å²) in [5.74, 6) is 0.137. The first kappa shape index (κ1) is 15.1. The number of hydrogen-bond donors (Lipinski definition) is 1. The minimum Gasteiger partial charge on any atom is -0.341 e. The number of hydrogen-bond acceptors (Lipinski definition) is 4. The van der Waals surface area contributed by atoms with Crippen LogP contribution in [0.5, 0.6) is 0 Å². The van der Waals surface area contributed by atoms with Gasteiger partial charge in [-0.3, -0.25) is 4.79 Å². The highest BCUT2D eigenvalue weighted by molar-refractivity contribution is 5.82. The molecule has 1 saturated heterocycles. The number of aldehydes is 1. The van der Waals surface area contributed by atoms with Crippen LogP contribution in [-0.2, 0) is 9.59 Å². The second-order valence-electron chi connectivity index (χ2n) is 6.01. The number of likely N-dealkylation sites (tertiary alicyclic amines) is 1. The lowest BCUT2D eigenvalue weighted by molar-refractivity contribution is -0.137. The molecule has 0 radical (unpaired) electrons. The summed E-state index contributed by atoms with van der Waals surface area (Å²) in [5, 5.41) is 1.68. The molecule has 5 heteroatoms. The molecular weight excluding hydrogens is 230 g/mol. The number of amides is 1. The van der Waals surface area contributed by atoms with Crippen molar-refractivity contribution in [1.29, 1.82) is 0 Å². The van der Waals surface area contributed by atoms with Crippen LogP contribution < -0.4 is 5.43 Å². The Labute approximate surface area is 109 Å². The van der Waals surface area contributed by atoms with Gasteiger partial charge < -0.3 is 9.69 Å². The molecule has 1 unspecified atom stereocenters. The van der Waals surface area contributed by atoms with Gasteiger partial charge in [-0.05, 0) is 18.3 Å². The van der Waals surface area contributed by atoms with Gasteiger partial charge in [-0.2, -0.15) is 0 Å². The quantitative estimate of drug-likeness (QED) is 0.579. The third kappa shape index (κ3) is 4.07. The van der Waals surface area contributed by atoms with E-state index < -0.39 is 0 Å². The average Bonchev–Trinajstić information content (AvgIpc) is 2.77. The molecule has 1 N–H and O–H groups in total. The van der Waals surface area contributed by atoms with E-state index >= 15 is 0 Å². The van der Waals surface area contributed by atoms with Crippen LogP contribution in [0.1, 0.15) is 33.6 Å². The Balaban J connectivity index is 2.71. The molecule has 0 bridgehead atoms. The minimum atomic E-state index is -0.291. The zero-order valence-electron chi connectivity index (χ0n) is 11.9. The first-order valence-electron chi connectivity index (χ1n) is 6.56. The van der Waals surface area contributed by atoms with Gasteiger partial charge in [0.25, 0.3) is 0 Å². The summed E-state index contributed by atoms with van der Waals surface area (Å²) in [4.78, 5) is 24.9. The van der Waals surface area contributed by atoms with Crippen molar-refractivity contribution in [2.45, 2.75) is 39.7 Å². The summed E-state index contributed by atoms with van der Waals surface area (Å²) in [6.45, 7) is 8.09. The Hall–Kier alpha value is -0.940. The molecule has 1 amide bonds. The van der Waals surface area contributed by atoms with E-state index in [0.29, 0.717) is 0 Å². The average molecular weight is 255 g/mol. The maximum atomic E-state index is 12.5. The van der Waals surface area contributed by atoms with Crippen LogP contribution in [0, 0.1) is 5.41 Å². The number of rotatable bonds is 5. The summed E-state index contributed by atoms with van der Waals surface area (Å²) in [7, 11) is 1.78. The molecule has 0 aromatic heterocycles. The highest BCUT2D eigenvalue weighted by Crippen LogP contribution is 2.23. The van der Waals surface area contributed by atoms with Crippen molar-refractivity contribution in [3.8, 4) is 0 Å². The van der Waals surface area contributed by atoms with Crippen molar-refractivity contribution in [1.82, 2.24) is 15.3 Å². The largest absolute Gasteiger partial charge is 0.341 e. The van der Waals surface area contributed by atoms with E-state index in [9.17, 15) is 9.59 Å². The summed E-state index contributed by atoms with van der Waals surface area (Å²) < 4.78 is 0. The Morgan fingerprint density at radius 1 is 1.39 bits per heavy atom. The summed E-state index contributed by atoms with van der Waals surface area (Å²) >= 11 is 0.